The lowest BCUT2D eigenvalue weighted by Gasteiger charge is -2.10. The second kappa shape index (κ2) is 5.12. The normalized spacial score (nSPS) is 10.3. The fraction of sp³-hybridized carbons (Fsp3) is 0.0833. The summed E-state index contributed by atoms with van der Waals surface area (Å²) in [5, 5.41) is 9.07. The molecule has 2 rings (SSSR count). The summed E-state index contributed by atoms with van der Waals surface area (Å²) in [6.07, 6.45) is 2.95. The molecule has 0 fully saturated rings. The molecule has 1 N–H and O–H groups in total. The van der Waals surface area contributed by atoms with Gasteiger partial charge in [-0.3, -0.25) is 4.98 Å². The number of halogens is 2. The number of benzene rings is 1. The van der Waals surface area contributed by atoms with Crippen molar-refractivity contribution < 1.29 is 14.2 Å². The summed E-state index contributed by atoms with van der Waals surface area (Å²) in [4.78, 5) is 3.84. The number of aromatic nitrogens is 1. The maximum absolute atomic E-state index is 13.6. The second-order valence-electron chi connectivity index (χ2n) is 3.30. The fourth-order valence-corrected chi connectivity index (χ4v) is 1.48. The number of ether oxygens (including phenoxy) is 1. The average Bonchev–Trinajstić information content (AvgIpc) is 2.35. The zero-order valence-electron chi connectivity index (χ0n) is 8.73. The molecule has 0 spiro atoms. The molecule has 5 heteroatoms. The highest BCUT2D eigenvalue weighted by Crippen LogP contribution is 2.30. The van der Waals surface area contributed by atoms with Crippen molar-refractivity contribution in [2.75, 3.05) is 0 Å². The van der Waals surface area contributed by atoms with E-state index in [0.717, 1.165) is 0 Å². The summed E-state index contributed by atoms with van der Waals surface area (Å²) < 4.78 is 18.9. The molecular weight excluding hydrogens is 245 g/mol. The number of aliphatic hydroxyl groups is 1. The average molecular weight is 254 g/mol. The van der Waals surface area contributed by atoms with E-state index in [1.54, 1.807) is 12.1 Å². The van der Waals surface area contributed by atoms with Crippen LogP contribution in [0.1, 0.15) is 5.56 Å². The standard InChI is InChI=1S/C12H9ClFNO2/c13-9-2-1-3-11(12(9)14)17-10-4-5-15-6-8(10)7-16/h1-6,16H,7H2. The van der Waals surface area contributed by atoms with Crippen molar-refractivity contribution >= 4 is 11.6 Å². The molecule has 2 aromatic rings. The third-order valence-corrected chi connectivity index (χ3v) is 2.46. The van der Waals surface area contributed by atoms with Crippen LogP contribution in [-0.2, 0) is 6.61 Å². The highest BCUT2D eigenvalue weighted by molar-refractivity contribution is 6.30. The monoisotopic (exact) mass is 253 g/mol. The molecule has 0 aliphatic heterocycles. The van der Waals surface area contributed by atoms with E-state index in [-0.39, 0.29) is 17.4 Å². The molecule has 0 radical (unpaired) electrons. The number of hydrogen-bond acceptors (Lipinski definition) is 3. The van der Waals surface area contributed by atoms with Gasteiger partial charge in [-0.1, -0.05) is 17.7 Å². The Hall–Kier alpha value is -1.65. The second-order valence-corrected chi connectivity index (χ2v) is 3.70. The minimum Gasteiger partial charge on any atom is -0.454 e. The number of hydrogen-bond donors (Lipinski definition) is 1. The number of aliphatic hydroxyl groups excluding tert-OH is 1. The predicted molar refractivity (Wildman–Crippen MR) is 61.6 cm³/mol. The summed E-state index contributed by atoms with van der Waals surface area (Å²) in [6, 6.07) is 6.03. The lowest BCUT2D eigenvalue weighted by molar-refractivity contribution is 0.275. The molecule has 1 heterocycles. The third-order valence-electron chi connectivity index (χ3n) is 2.17. The third kappa shape index (κ3) is 2.54. The number of rotatable bonds is 3. The van der Waals surface area contributed by atoms with Crippen molar-refractivity contribution in [1.29, 1.82) is 0 Å². The Morgan fingerprint density at radius 3 is 2.88 bits per heavy atom. The molecular formula is C12H9ClFNO2. The van der Waals surface area contributed by atoms with Crippen LogP contribution >= 0.6 is 11.6 Å². The summed E-state index contributed by atoms with van der Waals surface area (Å²) in [5.41, 5.74) is 0.479. The van der Waals surface area contributed by atoms with Gasteiger partial charge in [0.15, 0.2) is 11.6 Å². The fourth-order valence-electron chi connectivity index (χ4n) is 1.31. The van der Waals surface area contributed by atoms with E-state index in [9.17, 15) is 4.39 Å². The van der Waals surface area contributed by atoms with Crippen LogP contribution in [0.25, 0.3) is 0 Å². The van der Waals surface area contributed by atoms with Crippen LogP contribution in [0, 0.1) is 5.82 Å². The first-order valence-electron chi connectivity index (χ1n) is 4.88. The highest BCUT2D eigenvalue weighted by Gasteiger charge is 2.10. The van der Waals surface area contributed by atoms with Crippen molar-refractivity contribution in [3.05, 3.63) is 53.1 Å². The topological polar surface area (TPSA) is 42.4 Å². The van der Waals surface area contributed by atoms with Gasteiger partial charge in [0, 0.05) is 18.0 Å². The molecule has 88 valence electrons. The molecule has 0 aliphatic carbocycles. The summed E-state index contributed by atoms with van der Waals surface area (Å²) in [5.74, 6) is -0.267. The first-order chi connectivity index (χ1) is 8.22. The number of pyridine rings is 1. The van der Waals surface area contributed by atoms with Gasteiger partial charge >= 0.3 is 0 Å². The lowest BCUT2D eigenvalue weighted by Crippen LogP contribution is -1.94. The largest absolute Gasteiger partial charge is 0.454 e. The van der Waals surface area contributed by atoms with E-state index < -0.39 is 5.82 Å². The van der Waals surface area contributed by atoms with Gasteiger partial charge in [0.25, 0.3) is 0 Å². The van der Waals surface area contributed by atoms with Gasteiger partial charge in [-0.15, -0.1) is 0 Å². The van der Waals surface area contributed by atoms with Gasteiger partial charge in [-0.25, -0.2) is 4.39 Å². The SMILES string of the molecule is OCc1cnccc1Oc1cccc(Cl)c1F. The molecule has 3 nitrogen and oxygen atoms in total. The molecule has 0 atom stereocenters. The van der Waals surface area contributed by atoms with E-state index in [4.69, 9.17) is 21.4 Å². The van der Waals surface area contributed by atoms with Gasteiger partial charge in [0.2, 0.25) is 0 Å². The van der Waals surface area contributed by atoms with E-state index in [1.165, 1.54) is 24.5 Å². The van der Waals surface area contributed by atoms with Crippen LogP contribution in [0.4, 0.5) is 4.39 Å². The van der Waals surface area contributed by atoms with Gasteiger partial charge < -0.3 is 9.84 Å². The quantitative estimate of drug-likeness (QED) is 0.914. The summed E-state index contributed by atoms with van der Waals surface area (Å²) in [6.45, 7) is -0.231. The molecule has 1 aromatic heterocycles. The van der Waals surface area contributed by atoms with Crippen LogP contribution in [0.5, 0.6) is 11.5 Å². The Bertz CT molecular complexity index is 534. The minimum atomic E-state index is -0.630. The van der Waals surface area contributed by atoms with Gasteiger partial charge in [-0.2, -0.15) is 0 Å². The van der Waals surface area contributed by atoms with E-state index in [2.05, 4.69) is 4.98 Å². The van der Waals surface area contributed by atoms with Crippen LogP contribution < -0.4 is 4.74 Å². The molecule has 0 unspecified atom stereocenters. The maximum Gasteiger partial charge on any atom is 0.184 e. The summed E-state index contributed by atoms with van der Waals surface area (Å²) in [7, 11) is 0. The minimum absolute atomic E-state index is 0.0119. The van der Waals surface area contributed by atoms with Crippen molar-refractivity contribution in [1.82, 2.24) is 4.98 Å². The summed E-state index contributed by atoms with van der Waals surface area (Å²) >= 11 is 5.64. The molecule has 17 heavy (non-hydrogen) atoms. The van der Waals surface area contributed by atoms with Crippen molar-refractivity contribution in [2.24, 2.45) is 0 Å². The molecule has 0 aliphatic rings. The number of nitrogens with zero attached hydrogens (tertiary/aromatic N) is 1. The molecule has 1 aromatic carbocycles. The lowest BCUT2D eigenvalue weighted by atomic mass is 10.2. The van der Waals surface area contributed by atoms with E-state index in [1.807, 2.05) is 0 Å². The Balaban J connectivity index is 2.35. The van der Waals surface area contributed by atoms with Crippen LogP contribution in [-0.4, -0.2) is 10.1 Å². The zero-order valence-corrected chi connectivity index (χ0v) is 9.49. The molecule has 0 bridgehead atoms. The van der Waals surface area contributed by atoms with E-state index in [0.29, 0.717) is 11.3 Å². The Morgan fingerprint density at radius 1 is 1.29 bits per heavy atom. The first kappa shape index (κ1) is 11.8. The van der Waals surface area contributed by atoms with Gasteiger partial charge in [-0.05, 0) is 18.2 Å². The molecule has 0 saturated heterocycles. The predicted octanol–water partition coefficient (Wildman–Crippen LogP) is 3.16. The van der Waals surface area contributed by atoms with Crippen molar-refractivity contribution in [3.63, 3.8) is 0 Å². The maximum atomic E-state index is 13.6. The van der Waals surface area contributed by atoms with Crippen LogP contribution in [0.15, 0.2) is 36.7 Å². The van der Waals surface area contributed by atoms with Gasteiger partial charge in [0.1, 0.15) is 5.75 Å². The Labute approximate surface area is 102 Å². The smallest absolute Gasteiger partial charge is 0.184 e. The van der Waals surface area contributed by atoms with Gasteiger partial charge in [0.05, 0.1) is 11.6 Å². The van der Waals surface area contributed by atoms with E-state index >= 15 is 0 Å². The Kier molecular flexibility index (Phi) is 3.56. The molecule has 0 saturated carbocycles. The van der Waals surface area contributed by atoms with Crippen molar-refractivity contribution in [2.45, 2.75) is 6.61 Å². The zero-order chi connectivity index (χ0) is 12.3. The highest BCUT2D eigenvalue weighted by atomic mass is 35.5. The molecule has 0 amide bonds. The Morgan fingerprint density at radius 2 is 2.12 bits per heavy atom. The van der Waals surface area contributed by atoms with Crippen LogP contribution in [0.3, 0.4) is 0 Å². The van der Waals surface area contributed by atoms with Crippen LogP contribution in [0.2, 0.25) is 5.02 Å². The first-order valence-corrected chi connectivity index (χ1v) is 5.26. The van der Waals surface area contributed by atoms with Crippen molar-refractivity contribution in [3.8, 4) is 11.5 Å².